The van der Waals surface area contributed by atoms with Gasteiger partial charge >= 0.3 is 0 Å². The molecule has 3 rings (SSSR count). The van der Waals surface area contributed by atoms with Crippen molar-refractivity contribution in [2.75, 3.05) is 10.5 Å². The van der Waals surface area contributed by atoms with Gasteiger partial charge in [-0.1, -0.05) is 19.4 Å². The molecule has 0 aromatic heterocycles. The largest absolute Gasteiger partial charge is 0.349 e. The third kappa shape index (κ3) is 4.57. The zero-order valence-electron chi connectivity index (χ0n) is 15.3. The molecule has 1 amide bonds. The van der Waals surface area contributed by atoms with Crippen LogP contribution in [0, 0.1) is 11.8 Å². The second-order valence-electron chi connectivity index (χ2n) is 7.68. The van der Waals surface area contributed by atoms with Gasteiger partial charge in [-0.15, -0.1) is 0 Å². The normalized spacial score (nSPS) is 28.4. The summed E-state index contributed by atoms with van der Waals surface area (Å²) in [6.07, 6.45) is 5.93. The number of carbonyl (C=O) groups is 1. The van der Waals surface area contributed by atoms with Crippen LogP contribution in [0.25, 0.3) is 0 Å². The van der Waals surface area contributed by atoms with Crippen LogP contribution in [0.1, 0.15) is 55.8 Å². The van der Waals surface area contributed by atoms with Crippen molar-refractivity contribution < 1.29 is 13.2 Å². The number of amides is 1. The molecule has 0 aliphatic heterocycles. The second-order valence-corrected chi connectivity index (χ2v) is 9.53. The van der Waals surface area contributed by atoms with Crippen LogP contribution in [0.3, 0.4) is 0 Å². The van der Waals surface area contributed by atoms with Crippen LogP contribution < -0.4 is 15.8 Å². The van der Waals surface area contributed by atoms with E-state index in [2.05, 4.69) is 10.0 Å². The van der Waals surface area contributed by atoms with Gasteiger partial charge in [0.1, 0.15) is 0 Å². The summed E-state index contributed by atoms with van der Waals surface area (Å²) in [5, 5.41) is 3.20. The summed E-state index contributed by atoms with van der Waals surface area (Å²) in [5.74, 6) is 0.828. The van der Waals surface area contributed by atoms with Gasteiger partial charge in [0.25, 0.3) is 5.91 Å². The van der Waals surface area contributed by atoms with Crippen molar-refractivity contribution in [3.8, 4) is 0 Å². The molecule has 7 heteroatoms. The molecule has 26 heavy (non-hydrogen) atoms. The highest BCUT2D eigenvalue weighted by Gasteiger charge is 2.39. The van der Waals surface area contributed by atoms with E-state index in [1.807, 2.05) is 6.92 Å². The van der Waals surface area contributed by atoms with Crippen molar-refractivity contribution in [2.24, 2.45) is 17.6 Å². The highest BCUT2D eigenvalue weighted by molar-refractivity contribution is 7.92. The number of carbonyl (C=O) groups excluding carboxylic acids is 1. The molecule has 2 saturated carbocycles. The molecule has 0 radical (unpaired) electrons. The molecule has 2 atom stereocenters. The molecule has 2 aliphatic carbocycles. The summed E-state index contributed by atoms with van der Waals surface area (Å²) in [5.41, 5.74) is 7.06. The number of rotatable bonds is 6. The van der Waals surface area contributed by atoms with Crippen molar-refractivity contribution in [3.63, 3.8) is 0 Å². The van der Waals surface area contributed by atoms with Crippen molar-refractivity contribution in [1.29, 1.82) is 0 Å². The van der Waals surface area contributed by atoms with Gasteiger partial charge in [-0.25, -0.2) is 8.42 Å². The third-order valence-corrected chi connectivity index (χ3v) is 7.04. The lowest BCUT2D eigenvalue weighted by molar-refractivity contribution is 0.0756. The van der Waals surface area contributed by atoms with Crippen LogP contribution in [-0.4, -0.2) is 32.2 Å². The molecule has 4 N–H and O–H groups in total. The van der Waals surface area contributed by atoms with Gasteiger partial charge in [-0.2, -0.15) is 0 Å². The van der Waals surface area contributed by atoms with Crippen molar-refractivity contribution in [3.05, 3.63) is 29.8 Å². The Bertz CT molecular complexity index is 736. The van der Waals surface area contributed by atoms with Crippen molar-refractivity contribution in [1.82, 2.24) is 5.32 Å². The van der Waals surface area contributed by atoms with Gasteiger partial charge in [-0.05, 0) is 62.1 Å². The molecular formula is C19H29N3O3S. The average Bonchev–Trinajstić information content (AvgIpc) is 2.55. The number of fused-ring (bicyclic) bond motifs is 2. The summed E-state index contributed by atoms with van der Waals surface area (Å²) < 4.78 is 26.4. The minimum atomic E-state index is -3.37. The molecule has 0 heterocycles. The van der Waals surface area contributed by atoms with E-state index in [1.165, 1.54) is 6.42 Å². The van der Waals surface area contributed by atoms with Crippen LogP contribution in [0.15, 0.2) is 24.3 Å². The Morgan fingerprint density at radius 1 is 1.23 bits per heavy atom. The Labute approximate surface area is 156 Å². The quantitative estimate of drug-likeness (QED) is 0.707. The molecule has 0 saturated heterocycles. The molecule has 144 valence electrons. The van der Waals surface area contributed by atoms with Crippen LogP contribution in [-0.2, 0) is 10.0 Å². The molecule has 1 aromatic rings. The molecule has 0 spiro atoms. The first-order chi connectivity index (χ1) is 12.4. The Morgan fingerprint density at radius 2 is 1.92 bits per heavy atom. The second kappa shape index (κ2) is 7.96. The highest BCUT2D eigenvalue weighted by Crippen LogP contribution is 2.39. The minimum Gasteiger partial charge on any atom is -0.349 e. The van der Waals surface area contributed by atoms with E-state index >= 15 is 0 Å². The molecule has 6 nitrogen and oxygen atoms in total. The smallest absolute Gasteiger partial charge is 0.251 e. The Morgan fingerprint density at radius 3 is 2.58 bits per heavy atom. The maximum Gasteiger partial charge on any atom is 0.251 e. The Balaban J connectivity index is 1.69. The number of benzene rings is 1. The number of anilines is 1. The van der Waals surface area contributed by atoms with Gasteiger partial charge in [0, 0.05) is 23.3 Å². The lowest BCUT2D eigenvalue weighted by Crippen LogP contribution is -2.53. The topological polar surface area (TPSA) is 101 Å². The van der Waals surface area contributed by atoms with E-state index in [-0.39, 0.29) is 23.7 Å². The predicted octanol–water partition coefficient (Wildman–Crippen LogP) is 2.47. The fraction of sp³-hybridized carbons (Fsp3) is 0.632. The summed E-state index contributed by atoms with van der Waals surface area (Å²) in [6, 6.07) is 7.12. The van der Waals surface area contributed by atoms with Crippen LogP contribution in [0.5, 0.6) is 0 Å². The number of hydrogen-bond donors (Lipinski definition) is 3. The van der Waals surface area contributed by atoms with Gasteiger partial charge in [0.15, 0.2) is 0 Å². The summed E-state index contributed by atoms with van der Waals surface area (Å²) in [7, 11) is -3.37. The monoisotopic (exact) mass is 379 g/mol. The zero-order valence-corrected chi connectivity index (χ0v) is 16.1. The minimum absolute atomic E-state index is 0.0646. The Hall–Kier alpha value is -1.60. The van der Waals surface area contributed by atoms with Gasteiger partial charge in [0.2, 0.25) is 10.0 Å². The first-order valence-electron chi connectivity index (χ1n) is 9.55. The molecule has 2 unspecified atom stereocenters. The average molecular weight is 380 g/mol. The number of hydrogen-bond acceptors (Lipinski definition) is 4. The number of nitrogens with one attached hydrogen (secondary N) is 2. The summed E-state index contributed by atoms with van der Waals surface area (Å²) in [6.45, 7) is 1.82. The SMILES string of the molecule is CCCS(=O)(=O)Nc1cccc(C(=O)NC2C3CCCC2CC(N)C3)c1. The Kier molecular flexibility index (Phi) is 5.87. The van der Waals surface area contributed by atoms with E-state index in [0.29, 0.717) is 29.5 Å². The maximum atomic E-state index is 12.7. The van der Waals surface area contributed by atoms with E-state index < -0.39 is 10.0 Å². The fourth-order valence-corrected chi connectivity index (χ4v) is 5.61. The summed E-state index contributed by atoms with van der Waals surface area (Å²) in [4.78, 5) is 12.7. The molecule has 1 aromatic carbocycles. The van der Waals surface area contributed by atoms with Crippen LogP contribution in [0.4, 0.5) is 5.69 Å². The first-order valence-corrected chi connectivity index (χ1v) is 11.2. The lowest BCUT2D eigenvalue weighted by atomic mass is 9.67. The number of sulfonamides is 1. The van der Waals surface area contributed by atoms with Gasteiger partial charge in [-0.3, -0.25) is 9.52 Å². The fourth-order valence-electron chi connectivity index (χ4n) is 4.48. The standard InChI is InChI=1S/C19H29N3O3S/c1-2-9-26(24,25)22-17-8-4-7-15(12-17)19(23)21-18-13-5-3-6-14(18)11-16(20)10-13/h4,7-8,12-14,16,18,22H,2-3,5-6,9-11,20H2,1H3,(H,21,23). The van der Waals surface area contributed by atoms with Crippen molar-refractivity contribution in [2.45, 2.75) is 57.5 Å². The maximum absolute atomic E-state index is 12.7. The predicted molar refractivity (Wildman–Crippen MR) is 103 cm³/mol. The molecule has 2 fully saturated rings. The first kappa shape index (κ1) is 19.2. The zero-order chi connectivity index (χ0) is 18.7. The van der Waals surface area contributed by atoms with E-state index in [0.717, 1.165) is 25.7 Å². The van der Waals surface area contributed by atoms with E-state index in [4.69, 9.17) is 5.73 Å². The lowest BCUT2D eigenvalue weighted by Gasteiger charge is -2.45. The van der Waals surface area contributed by atoms with Gasteiger partial charge < -0.3 is 11.1 Å². The van der Waals surface area contributed by atoms with E-state index in [9.17, 15) is 13.2 Å². The molecule has 2 aliphatic rings. The molecule has 2 bridgehead atoms. The highest BCUT2D eigenvalue weighted by atomic mass is 32.2. The van der Waals surface area contributed by atoms with Crippen LogP contribution in [0.2, 0.25) is 0 Å². The third-order valence-electron chi connectivity index (χ3n) is 5.55. The van der Waals surface area contributed by atoms with Crippen molar-refractivity contribution >= 4 is 21.6 Å². The molecular weight excluding hydrogens is 350 g/mol. The van der Waals surface area contributed by atoms with E-state index in [1.54, 1.807) is 24.3 Å². The summed E-state index contributed by atoms with van der Waals surface area (Å²) >= 11 is 0. The number of nitrogens with two attached hydrogens (primary N) is 1. The van der Waals surface area contributed by atoms with Crippen LogP contribution >= 0.6 is 0 Å². The van der Waals surface area contributed by atoms with Gasteiger partial charge in [0.05, 0.1) is 5.75 Å².